The lowest BCUT2D eigenvalue weighted by Gasteiger charge is -2.26. The first-order valence-corrected chi connectivity index (χ1v) is 10.8. The summed E-state index contributed by atoms with van der Waals surface area (Å²) in [4.78, 5) is 38.7. The van der Waals surface area contributed by atoms with Crippen LogP contribution in [0.5, 0.6) is 11.5 Å². The van der Waals surface area contributed by atoms with E-state index in [-0.39, 0.29) is 5.57 Å². The highest BCUT2D eigenvalue weighted by Crippen LogP contribution is 2.30. The van der Waals surface area contributed by atoms with Crippen LogP contribution in [0.1, 0.15) is 16.7 Å². The van der Waals surface area contributed by atoms with Crippen molar-refractivity contribution in [3.05, 3.63) is 94.0 Å². The number of halogens is 1. The maximum atomic E-state index is 13.0. The Labute approximate surface area is 201 Å². The van der Waals surface area contributed by atoms with Gasteiger partial charge in [0.15, 0.2) is 11.5 Å². The summed E-state index contributed by atoms with van der Waals surface area (Å²) < 4.78 is 11.3. The molecule has 172 valence electrons. The number of methoxy groups -OCH3 is 1. The molecule has 1 fully saturated rings. The summed E-state index contributed by atoms with van der Waals surface area (Å²) >= 11 is 5.90. The number of ether oxygens (including phenoxy) is 2. The third-order valence-corrected chi connectivity index (χ3v) is 5.45. The van der Waals surface area contributed by atoms with Gasteiger partial charge in [0.1, 0.15) is 12.2 Å². The number of nitrogens with one attached hydrogen (secondary N) is 1. The van der Waals surface area contributed by atoms with Gasteiger partial charge in [-0.1, -0.05) is 47.5 Å². The monoisotopic (exact) mass is 476 g/mol. The summed E-state index contributed by atoms with van der Waals surface area (Å²) in [7, 11) is 1.50. The number of amides is 4. The van der Waals surface area contributed by atoms with E-state index in [2.05, 4.69) is 5.32 Å². The summed E-state index contributed by atoms with van der Waals surface area (Å²) in [6.45, 7) is 2.37. The van der Waals surface area contributed by atoms with Crippen LogP contribution < -0.4 is 19.7 Å². The van der Waals surface area contributed by atoms with Crippen molar-refractivity contribution in [2.45, 2.75) is 13.5 Å². The molecule has 0 spiro atoms. The van der Waals surface area contributed by atoms with Crippen molar-refractivity contribution in [2.24, 2.45) is 0 Å². The normalized spacial score (nSPS) is 14.9. The predicted octanol–water partition coefficient (Wildman–Crippen LogP) is 4.90. The van der Waals surface area contributed by atoms with Crippen LogP contribution in [0.25, 0.3) is 6.08 Å². The molecule has 0 saturated carbocycles. The number of carbonyl (C=O) groups excluding carboxylic acids is 3. The molecule has 1 N–H and O–H groups in total. The number of imide groups is 2. The summed E-state index contributed by atoms with van der Waals surface area (Å²) in [5, 5.41) is 2.65. The van der Waals surface area contributed by atoms with E-state index < -0.39 is 17.8 Å². The Kier molecular flexibility index (Phi) is 6.65. The second-order valence-electron chi connectivity index (χ2n) is 7.62. The molecule has 0 bridgehead atoms. The second kappa shape index (κ2) is 9.80. The first kappa shape index (κ1) is 23.1. The van der Waals surface area contributed by atoms with E-state index >= 15 is 0 Å². The first-order chi connectivity index (χ1) is 16.4. The van der Waals surface area contributed by atoms with Crippen LogP contribution in [0.3, 0.4) is 0 Å². The predicted molar refractivity (Wildman–Crippen MR) is 129 cm³/mol. The summed E-state index contributed by atoms with van der Waals surface area (Å²) in [6, 6.07) is 18.4. The highest BCUT2D eigenvalue weighted by molar-refractivity contribution is 6.39. The molecular formula is C26H21ClN2O5. The number of urea groups is 1. The van der Waals surface area contributed by atoms with Gasteiger partial charge in [-0.2, -0.15) is 0 Å². The molecule has 0 aromatic heterocycles. The van der Waals surface area contributed by atoms with Crippen molar-refractivity contribution in [1.82, 2.24) is 5.32 Å². The molecule has 4 amide bonds. The van der Waals surface area contributed by atoms with Crippen molar-refractivity contribution in [3.8, 4) is 11.5 Å². The molecule has 3 aromatic rings. The Balaban J connectivity index is 1.58. The Bertz CT molecular complexity index is 1280. The molecule has 3 aromatic carbocycles. The Morgan fingerprint density at radius 3 is 2.32 bits per heavy atom. The highest BCUT2D eigenvalue weighted by atomic mass is 35.5. The number of barbiturate groups is 1. The highest BCUT2D eigenvalue weighted by Gasteiger charge is 2.36. The molecule has 1 aliphatic rings. The quantitative estimate of drug-likeness (QED) is 0.404. The Hall–Kier alpha value is -4.10. The van der Waals surface area contributed by atoms with Crippen LogP contribution in [-0.4, -0.2) is 25.0 Å². The minimum Gasteiger partial charge on any atom is -0.493 e. The molecule has 0 atom stereocenters. The first-order valence-electron chi connectivity index (χ1n) is 10.4. The summed E-state index contributed by atoms with van der Waals surface area (Å²) in [6.07, 6.45) is 1.40. The lowest BCUT2D eigenvalue weighted by atomic mass is 10.1. The lowest BCUT2D eigenvalue weighted by molar-refractivity contribution is -0.122. The van der Waals surface area contributed by atoms with E-state index in [0.29, 0.717) is 34.4 Å². The van der Waals surface area contributed by atoms with E-state index in [1.807, 2.05) is 31.2 Å². The molecule has 34 heavy (non-hydrogen) atoms. The zero-order valence-electron chi connectivity index (χ0n) is 18.5. The average molecular weight is 477 g/mol. The molecule has 8 heteroatoms. The smallest absolute Gasteiger partial charge is 0.335 e. The molecule has 1 heterocycles. The largest absolute Gasteiger partial charge is 0.493 e. The zero-order valence-corrected chi connectivity index (χ0v) is 19.3. The van der Waals surface area contributed by atoms with Crippen LogP contribution in [0.4, 0.5) is 10.5 Å². The van der Waals surface area contributed by atoms with E-state index in [1.165, 1.54) is 25.3 Å². The summed E-state index contributed by atoms with van der Waals surface area (Å²) in [5.41, 5.74) is 2.81. The van der Waals surface area contributed by atoms with Gasteiger partial charge in [0.05, 0.1) is 12.8 Å². The van der Waals surface area contributed by atoms with Crippen LogP contribution in [-0.2, 0) is 16.2 Å². The molecular weight excluding hydrogens is 456 g/mol. The lowest BCUT2D eigenvalue weighted by Crippen LogP contribution is -2.54. The van der Waals surface area contributed by atoms with E-state index in [4.69, 9.17) is 21.1 Å². The van der Waals surface area contributed by atoms with Gasteiger partial charge in [-0.3, -0.25) is 14.9 Å². The van der Waals surface area contributed by atoms with Gasteiger partial charge >= 0.3 is 6.03 Å². The molecule has 0 radical (unpaired) electrons. The number of nitrogens with zero attached hydrogens (tertiary/aromatic N) is 1. The molecule has 7 nitrogen and oxygen atoms in total. The van der Waals surface area contributed by atoms with Crippen LogP contribution >= 0.6 is 11.6 Å². The minimum absolute atomic E-state index is 0.190. The van der Waals surface area contributed by atoms with Crippen molar-refractivity contribution in [1.29, 1.82) is 0 Å². The van der Waals surface area contributed by atoms with Gasteiger partial charge in [0, 0.05) is 5.02 Å². The Morgan fingerprint density at radius 2 is 1.65 bits per heavy atom. The number of carbonyl (C=O) groups is 3. The number of aryl methyl sites for hydroxylation is 1. The van der Waals surface area contributed by atoms with Crippen LogP contribution in [0.2, 0.25) is 5.02 Å². The zero-order chi connectivity index (χ0) is 24.2. The second-order valence-corrected chi connectivity index (χ2v) is 8.06. The maximum Gasteiger partial charge on any atom is 0.335 e. The molecule has 0 unspecified atom stereocenters. The van der Waals surface area contributed by atoms with Crippen molar-refractivity contribution >= 4 is 41.2 Å². The van der Waals surface area contributed by atoms with Crippen molar-refractivity contribution in [2.75, 3.05) is 12.0 Å². The van der Waals surface area contributed by atoms with Gasteiger partial charge in [-0.05, 0) is 60.5 Å². The fraction of sp³-hybridized carbons (Fsp3) is 0.115. The molecule has 1 saturated heterocycles. The average Bonchev–Trinajstić information content (AvgIpc) is 2.83. The molecule has 1 aliphatic heterocycles. The number of hydrogen-bond donors (Lipinski definition) is 1. The SMILES string of the molecule is COc1cc(/C=C2\C(=O)NC(=O)N(c3ccc(Cl)cc3)C2=O)ccc1OCc1ccc(C)cc1. The van der Waals surface area contributed by atoms with E-state index in [1.54, 1.807) is 30.3 Å². The van der Waals surface area contributed by atoms with Crippen molar-refractivity contribution in [3.63, 3.8) is 0 Å². The fourth-order valence-corrected chi connectivity index (χ4v) is 3.51. The van der Waals surface area contributed by atoms with Gasteiger partial charge < -0.3 is 9.47 Å². The minimum atomic E-state index is -0.827. The standard InChI is InChI=1S/C26H21ClN2O5/c1-16-3-5-17(6-4-16)15-34-22-12-7-18(14-23(22)33-2)13-21-24(30)28-26(32)29(25(21)31)20-10-8-19(27)9-11-20/h3-14H,15H2,1-2H3,(H,28,30,32)/b21-13+. The number of anilines is 1. The fourth-order valence-electron chi connectivity index (χ4n) is 3.39. The molecule has 4 rings (SSSR count). The summed E-state index contributed by atoms with van der Waals surface area (Å²) in [5.74, 6) is -0.563. The van der Waals surface area contributed by atoms with Gasteiger partial charge in [0.2, 0.25) is 0 Å². The van der Waals surface area contributed by atoms with Crippen LogP contribution in [0.15, 0.2) is 72.3 Å². The number of rotatable bonds is 6. The van der Waals surface area contributed by atoms with Gasteiger partial charge in [0.25, 0.3) is 11.8 Å². The van der Waals surface area contributed by atoms with Gasteiger partial charge in [-0.25, -0.2) is 9.69 Å². The third-order valence-electron chi connectivity index (χ3n) is 5.20. The van der Waals surface area contributed by atoms with Gasteiger partial charge in [-0.15, -0.1) is 0 Å². The van der Waals surface area contributed by atoms with E-state index in [0.717, 1.165) is 16.0 Å². The molecule has 0 aliphatic carbocycles. The third kappa shape index (κ3) is 4.94. The topological polar surface area (TPSA) is 84.9 Å². The number of hydrogen-bond acceptors (Lipinski definition) is 5. The van der Waals surface area contributed by atoms with Crippen molar-refractivity contribution < 1.29 is 23.9 Å². The Morgan fingerprint density at radius 1 is 0.941 bits per heavy atom. The van der Waals surface area contributed by atoms with Crippen LogP contribution in [0, 0.1) is 6.92 Å². The number of benzene rings is 3. The maximum absolute atomic E-state index is 13.0. The van der Waals surface area contributed by atoms with E-state index in [9.17, 15) is 14.4 Å².